The van der Waals surface area contributed by atoms with Crippen molar-refractivity contribution in [2.24, 2.45) is 0 Å². The van der Waals surface area contributed by atoms with Crippen LogP contribution in [-0.2, 0) is 6.54 Å². The molecule has 1 aromatic heterocycles. The van der Waals surface area contributed by atoms with E-state index in [0.29, 0.717) is 6.54 Å². The van der Waals surface area contributed by atoms with Gasteiger partial charge in [0.05, 0.1) is 18.4 Å². The first-order chi connectivity index (χ1) is 9.97. The predicted octanol–water partition coefficient (Wildman–Crippen LogP) is 1.85. The van der Waals surface area contributed by atoms with Gasteiger partial charge in [0, 0.05) is 24.0 Å². The van der Waals surface area contributed by atoms with E-state index in [1.54, 1.807) is 6.20 Å². The molecule has 0 aliphatic carbocycles. The molecular weight excluding hydrogens is 286 g/mol. The molecule has 0 radical (unpaired) electrons. The minimum atomic E-state index is -0.157. The summed E-state index contributed by atoms with van der Waals surface area (Å²) in [5.74, 6) is 1.19. The largest absolute Gasteiger partial charge is 0.336 e. The summed E-state index contributed by atoms with van der Waals surface area (Å²) in [6, 6.07) is -0.157. The molecule has 1 aromatic rings. The third-order valence-electron chi connectivity index (χ3n) is 3.59. The van der Waals surface area contributed by atoms with Gasteiger partial charge in [-0.3, -0.25) is 4.68 Å². The van der Waals surface area contributed by atoms with Crippen molar-refractivity contribution < 1.29 is 4.79 Å². The second-order valence-electron chi connectivity index (χ2n) is 6.00. The fourth-order valence-corrected chi connectivity index (χ4v) is 3.52. The van der Waals surface area contributed by atoms with E-state index in [4.69, 9.17) is 0 Å². The number of carbonyl (C=O) groups excluding carboxylic acids is 1. The fraction of sp³-hybridized carbons (Fsp3) is 0.714. The Morgan fingerprint density at radius 3 is 3.05 bits per heavy atom. The highest BCUT2D eigenvalue weighted by atomic mass is 32.2. The van der Waals surface area contributed by atoms with E-state index in [1.807, 2.05) is 36.7 Å². The first-order valence-corrected chi connectivity index (χ1v) is 8.31. The molecule has 21 heavy (non-hydrogen) atoms. The maximum absolute atomic E-state index is 11.9. The average molecular weight is 311 g/mol. The van der Waals surface area contributed by atoms with Crippen LogP contribution in [-0.4, -0.2) is 58.4 Å². The van der Waals surface area contributed by atoms with Crippen LogP contribution in [0.15, 0.2) is 12.4 Å². The van der Waals surface area contributed by atoms with Crippen LogP contribution in [0.5, 0.6) is 0 Å². The van der Waals surface area contributed by atoms with Gasteiger partial charge >= 0.3 is 6.03 Å². The summed E-state index contributed by atoms with van der Waals surface area (Å²) in [5.41, 5.74) is 0.732. The van der Waals surface area contributed by atoms with Crippen molar-refractivity contribution in [2.45, 2.75) is 31.1 Å². The molecule has 7 heteroatoms. The summed E-state index contributed by atoms with van der Waals surface area (Å²) in [7, 11) is 4.05. The lowest BCUT2D eigenvalue weighted by molar-refractivity contribution is 0.251. The molecule has 0 unspecified atom stereocenters. The minimum Gasteiger partial charge on any atom is -0.336 e. The lowest BCUT2D eigenvalue weighted by Gasteiger charge is -2.22. The van der Waals surface area contributed by atoms with Crippen molar-refractivity contribution in [2.75, 3.05) is 38.3 Å². The molecule has 1 fully saturated rings. The Balaban J connectivity index is 1.74. The SMILES string of the molecule is CN(C)CCn1cc(NC(=O)NC[C@@]2(C)CCCS2)cn1. The zero-order valence-corrected chi connectivity index (χ0v) is 13.9. The van der Waals surface area contributed by atoms with Crippen molar-refractivity contribution >= 4 is 23.5 Å². The highest BCUT2D eigenvalue weighted by Gasteiger charge is 2.29. The van der Waals surface area contributed by atoms with Crippen LogP contribution in [0.1, 0.15) is 19.8 Å². The fourth-order valence-electron chi connectivity index (χ4n) is 2.27. The third-order valence-corrected chi connectivity index (χ3v) is 5.13. The molecule has 2 heterocycles. The van der Waals surface area contributed by atoms with Gasteiger partial charge in [0.25, 0.3) is 0 Å². The van der Waals surface area contributed by atoms with E-state index in [-0.39, 0.29) is 10.8 Å². The normalized spacial score (nSPS) is 21.7. The maximum Gasteiger partial charge on any atom is 0.319 e. The van der Waals surface area contributed by atoms with Crippen molar-refractivity contribution in [3.63, 3.8) is 0 Å². The summed E-state index contributed by atoms with van der Waals surface area (Å²) in [5, 5.41) is 10.0. The van der Waals surface area contributed by atoms with Crippen molar-refractivity contribution in [1.82, 2.24) is 20.0 Å². The summed E-state index contributed by atoms with van der Waals surface area (Å²) < 4.78 is 2.02. The summed E-state index contributed by atoms with van der Waals surface area (Å²) in [6.07, 6.45) is 5.94. The Hall–Kier alpha value is -1.21. The monoisotopic (exact) mass is 311 g/mol. The number of thioether (sulfide) groups is 1. The second kappa shape index (κ2) is 7.17. The summed E-state index contributed by atoms with van der Waals surface area (Å²) in [6.45, 7) is 4.65. The van der Waals surface area contributed by atoms with Gasteiger partial charge in [-0.15, -0.1) is 0 Å². The highest BCUT2D eigenvalue weighted by Crippen LogP contribution is 2.36. The topological polar surface area (TPSA) is 62.2 Å². The molecule has 0 saturated carbocycles. The second-order valence-corrected chi connectivity index (χ2v) is 7.69. The number of carbonyl (C=O) groups is 1. The van der Waals surface area contributed by atoms with Crippen molar-refractivity contribution in [3.05, 3.63) is 12.4 Å². The number of hydrogen-bond acceptors (Lipinski definition) is 4. The Labute approximate surface area is 130 Å². The van der Waals surface area contributed by atoms with Crippen LogP contribution >= 0.6 is 11.8 Å². The smallest absolute Gasteiger partial charge is 0.319 e. The van der Waals surface area contributed by atoms with E-state index in [2.05, 4.69) is 27.6 Å². The van der Waals surface area contributed by atoms with Gasteiger partial charge in [0.1, 0.15) is 0 Å². The molecule has 6 nitrogen and oxygen atoms in total. The molecule has 1 aliphatic heterocycles. The van der Waals surface area contributed by atoms with Gasteiger partial charge in [-0.2, -0.15) is 16.9 Å². The number of aromatic nitrogens is 2. The van der Waals surface area contributed by atoms with Crippen LogP contribution in [0.3, 0.4) is 0 Å². The van der Waals surface area contributed by atoms with Gasteiger partial charge in [0.2, 0.25) is 0 Å². The molecule has 2 amide bonds. The maximum atomic E-state index is 11.9. The Bertz CT molecular complexity index is 468. The van der Waals surface area contributed by atoms with E-state index in [0.717, 1.165) is 18.8 Å². The van der Waals surface area contributed by atoms with Crippen LogP contribution in [0.4, 0.5) is 10.5 Å². The van der Waals surface area contributed by atoms with Gasteiger partial charge in [-0.1, -0.05) is 0 Å². The Morgan fingerprint density at radius 2 is 2.38 bits per heavy atom. The van der Waals surface area contributed by atoms with E-state index in [9.17, 15) is 4.79 Å². The van der Waals surface area contributed by atoms with Crippen LogP contribution in [0.25, 0.3) is 0 Å². The minimum absolute atomic E-state index is 0.157. The molecule has 0 bridgehead atoms. The molecule has 2 N–H and O–H groups in total. The van der Waals surface area contributed by atoms with E-state index < -0.39 is 0 Å². The van der Waals surface area contributed by atoms with Gasteiger partial charge in [-0.05, 0) is 39.6 Å². The van der Waals surface area contributed by atoms with Gasteiger partial charge in [0.15, 0.2) is 0 Å². The van der Waals surface area contributed by atoms with Crippen molar-refractivity contribution in [1.29, 1.82) is 0 Å². The first kappa shape index (κ1) is 16.2. The van der Waals surface area contributed by atoms with Crippen LogP contribution in [0.2, 0.25) is 0 Å². The van der Waals surface area contributed by atoms with Crippen LogP contribution < -0.4 is 10.6 Å². The van der Waals surface area contributed by atoms with Gasteiger partial charge in [-0.25, -0.2) is 4.79 Å². The lowest BCUT2D eigenvalue weighted by Crippen LogP contribution is -2.39. The number of anilines is 1. The van der Waals surface area contributed by atoms with Crippen LogP contribution in [0, 0.1) is 0 Å². The van der Waals surface area contributed by atoms with Crippen molar-refractivity contribution in [3.8, 4) is 0 Å². The molecular formula is C14H25N5OS. The Kier molecular flexibility index (Phi) is 5.52. The molecule has 2 rings (SSSR count). The Morgan fingerprint density at radius 1 is 1.57 bits per heavy atom. The predicted molar refractivity (Wildman–Crippen MR) is 87.9 cm³/mol. The third kappa shape index (κ3) is 5.24. The average Bonchev–Trinajstić information content (AvgIpc) is 3.04. The zero-order chi connectivity index (χ0) is 15.3. The number of hydrogen-bond donors (Lipinski definition) is 2. The molecule has 1 atom stereocenters. The molecule has 118 valence electrons. The zero-order valence-electron chi connectivity index (χ0n) is 13.1. The van der Waals surface area contributed by atoms with E-state index >= 15 is 0 Å². The summed E-state index contributed by atoms with van der Waals surface area (Å²) in [4.78, 5) is 14.0. The quantitative estimate of drug-likeness (QED) is 0.842. The molecule has 1 aliphatic rings. The number of nitrogens with one attached hydrogen (secondary N) is 2. The number of likely N-dealkylation sites (N-methyl/N-ethyl adjacent to an activating group) is 1. The number of urea groups is 1. The van der Waals surface area contributed by atoms with Gasteiger partial charge < -0.3 is 15.5 Å². The molecule has 1 saturated heterocycles. The lowest BCUT2D eigenvalue weighted by atomic mass is 10.1. The standard InChI is InChI=1S/C14H25N5OS/c1-14(5-4-8-21-14)11-15-13(20)17-12-9-16-19(10-12)7-6-18(2)3/h9-10H,4-8,11H2,1-3H3,(H2,15,17,20)/t14-/m1/s1. The molecule has 0 spiro atoms. The number of nitrogens with zero attached hydrogens (tertiary/aromatic N) is 3. The highest BCUT2D eigenvalue weighted by molar-refractivity contribution is 8.00. The number of rotatable bonds is 6. The summed E-state index contributed by atoms with van der Waals surface area (Å²) >= 11 is 1.94. The molecule has 0 aromatic carbocycles. The first-order valence-electron chi connectivity index (χ1n) is 7.33. The van der Waals surface area contributed by atoms with E-state index in [1.165, 1.54) is 18.6 Å². The number of amides is 2.